The van der Waals surface area contributed by atoms with E-state index in [1.807, 2.05) is 58.3 Å². The highest BCUT2D eigenvalue weighted by molar-refractivity contribution is 9.11. The van der Waals surface area contributed by atoms with Crippen LogP contribution in [0.2, 0.25) is 0 Å². The largest absolute Gasteiger partial charge is 0.506 e. The number of rotatable bonds is 9. The van der Waals surface area contributed by atoms with Crippen molar-refractivity contribution in [3.05, 3.63) is 86.6 Å². The van der Waals surface area contributed by atoms with Crippen LogP contribution in [0.3, 0.4) is 0 Å². The van der Waals surface area contributed by atoms with E-state index in [-0.39, 0.29) is 23.9 Å². The number of aryl methyl sites for hydroxylation is 1. The van der Waals surface area contributed by atoms with Gasteiger partial charge >= 0.3 is 12.1 Å². The minimum atomic E-state index is -0.426. The average Bonchev–Trinajstić information content (AvgIpc) is 3.33. The molecule has 12 heteroatoms. The number of hydrogen-bond donors (Lipinski definition) is 3. The number of urea groups is 2. The fraction of sp³-hybridized carbons (Fsp3) is 0.400. The smallest absolute Gasteiger partial charge is 0.322 e. The molecule has 0 aliphatic carbocycles. The van der Waals surface area contributed by atoms with Crippen LogP contribution in [0.5, 0.6) is 5.75 Å². The Kier molecular flexibility index (Phi) is 10.4. The maximum Gasteiger partial charge on any atom is 0.322 e. The van der Waals surface area contributed by atoms with Crippen LogP contribution in [0.25, 0.3) is 11.0 Å². The van der Waals surface area contributed by atoms with Crippen LogP contribution in [0.1, 0.15) is 42.3 Å². The van der Waals surface area contributed by atoms with Crippen LogP contribution < -0.4 is 10.6 Å². The first-order valence-corrected chi connectivity index (χ1v) is 17.7. The van der Waals surface area contributed by atoms with Crippen LogP contribution in [0.15, 0.2) is 69.6 Å². The standard InChI is InChI=1S/C35H41Br2N7O3/c1-41(2)15-7-16-44-31-11-6-5-10-29(31)38-33(44)30(22-23-20-26(36)32(45)27(37)21-23)40-34(46)42-17-13-25(14-18-42)43-19-12-24-8-3-4-9-28(24)39-35(43)47/h3-6,8-11,20-21,25,30,45H,7,12-19,22H2,1-2H3,(H,39,47)(H,40,46)/t30-/m1/s1. The van der Waals surface area contributed by atoms with Gasteiger partial charge < -0.3 is 35.0 Å². The molecule has 0 spiro atoms. The lowest BCUT2D eigenvalue weighted by Crippen LogP contribution is -2.52. The van der Waals surface area contributed by atoms with Crippen LogP contribution in [-0.2, 0) is 19.4 Å². The van der Waals surface area contributed by atoms with Crippen LogP contribution in [-0.4, -0.2) is 87.7 Å². The van der Waals surface area contributed by atoms with Gasteiger partial charge in [-0.15, -0.1) is 0 Å². The second-order valence-corrected chi connectivity index (χ2v) is 14.3. The summed E-state index contributed by atoms with van der Waals surface area (Å²) in [5.74, 6) is 0.935. The quantitative estimate of drug-likeness (QED) is 0.175. The summed E-state index contributed by atoms with van der Waals surface area (Å²) in [5.41, 5.74) is 4.88. The van der Waals surface area contributed by atoms with Crippen LogP contribution in [0, 0.1) is 0 Å². The fourth-order valence-corrected chi connectivity index (χ4v) is 7.96. The van der Waals surface area contributed by atoms with Gasteiger partial charge in [0.1, 0.15) is 11.6 Å². The normalized spacial score (nSPS) is 16.2. The topological polar surface area (TPSA) is 106 Å². The number of piperidine rings is 1. The zero-order valence-corrected chi connectivity index (χ0v) is 29.9. The number of phenolic OH excluding ortho intramolecular Hbond substituents is 1. The summed E-state index contributed by atoms with van der Waals surface area (Å²) in [6, 6.07) is 19.2. The highest BCUT2D eigenvalue weighted by Crippen LogP contribution is 2.35. The van der Waals surface area contributed by atoms with Gasteiger partial charge in [0, 0.05) is 44.3 Å². The minimum absolute atomic E-state index is 0.0664. The summed E-state index contributed by atoms with van der Waals surface area (Å²) in [6.07, 6.45) is 3.63. The minimum Gasteiger partial charge on any atom is -0.506 e. The monoisotopic (exact) mass is 765 g/mol. The summed E-state index contributed by atoms with van der Waals surface area (Å²) in [6.45, 7) is 3.45. The number of nitrogens with zero attached hydrogens (tertiary/aromatic N) is 5. The van der Waals surface area contributed by atoms with Gasteiger partial charge in [0.25, 0.3) is 0 Å². The predicted molar refractivity (Wildman–Crippen MR) is 192 cm³/mol. The van der Waals surface area contributed by atoms with E-state index in [0.29, 0.717) is 47.8 Å². The Hall–Kier alpha value is -3.61. The molecule has 4 amide bonds. The van der Waals surface area contributed by atoms with Gasteiger partial charge in [-0.2, -0.15) is 0 Å². The van der Waals surface area contributed by atoms with Crippen molar-refractivity contribution in [2.45, 2.75) is 50.7 Å². The highest BCUT2D eigenvalue weighted by atomic mass is 79.9. The van der Waals surface area contributed by atoms with E-state index < -0.39 is 6.04 Å². The molecule has 1 saturated heterocycles. The summed E-state index contributed by atoms with van der Waals surface area (Å²) in [7, 11) is 4.13. The van der Waals surface area contributed by atoms with Gasteiger partial charge in [-0.1, -0.05) is 30.3 Å². The molecule has 0 bridgehead atoms. The average molecular weight is 768 g/mol. The number of imidazole rings is 1. The number of para-hydroxylation sites is 3. The first kappa shape index (κ1) is 33.3. The zero-order chi connectivity index (χ0) is 33.1. The number of aromatic nitrogens is 2. The van der Waals surface area contributed by atoms with E-state index in [2.05, 4.69) is 78.2 Å². The van der Waals surface area contributed by atoms with Gasteiger partial charge in [-0.3, -0.25) is 0 Å². The number of aromatic hydroxyl groups is 1. The molecule has 1 fully saturated rings. The number of halogens is 2. The van der Waals surface area contributed by atoms with Crippen molar-refractivity contribution >= 4 is 60.6 Å². The maximum absolute atomic E-state index is 14.0. The molecule has 2 aliphatic heterocycles. The van der Waals surface area contributed by atoms with Crippen molar-refractivity contribution < 1.29 is 14.7 Å². The number of benzene rings is 3. The Morgan fingerprint density at radius 1 is 1.06 bits per heavy atom. The molecule has 0 saturated carbocycles. The molecule has 47 heavy (non-hydrogen) atoms. The van der Waals surface area contributed by atoms with Gasteiger partial charge in [0.2, 0.25) is 0 Å². The maximum atomic E-state index is 14.0. The molecule has 3 aromatic carbocycles. The Bertz CT molecular complexity index is 1730. The molecule has 1 atom stereocenters. The van der Waals surface area contributed by atoms with Gasteiger partial charge in [0.05, 0.1) is 26.0 Å². The summed E-state index contributed by atoms with van der Waals surface area (Å²) in [5, 5.41) is 16.8. The molecular weight excluding hydrogens is 726 g/mol. The number of nitrogens with one attached hydrogen (secondary N) is 2. The molecule has 6 rings (SSSR count). The number of carbonyl (C=O) groups excluding carboxylic acids is 2. The number of fused-ring (bicyclic) bond motifs is 2. The van der Waals surface area contributed by atoms with Crippen LogP contribution >= 0.6 is 31.9 Å². The Morgan fingerprint density at radius 2 is 1.77 bits per heavy atom. The number of hydrogen-bond acceptors (Lipinski definition) is 5. The first-order valence-electron chi connectivity index (χ1n) is 16.2. The molecule has 1 aromatic heterocycles. The van der Waals surface area contributed by atoms with E-state index in [4.69, 9.17) is 4.98 Å². The predicted octanol–water partition coefficient (Wildman–Crippen LogP) is 6.77. The summed E-state index contributed by atoms with van der Waals surface area (Å²) < 4.78 is 3.39. The van der Waals surface area contributed by atoms with E-state index in [1.54, 1.807) is 0 Å². The second kappa shape index (κ2) is 14.7. The van der Waals surface area contributed by atoms with Gasteiger partial charge in [-0.25, -0.2) is 14.6 Å². The van der Waals surface area contributed by atoms with Crippen molar-refractivity contribution in [1.82, 2.24) is 29.6 Å². The van der Waals surface area contributed by atoms with E-state index >= 15 is 0 Å². The second-order valence-electron chi connectivity index (χ2n) is 12.6. The highest BCUT2D eigenvalue weighted by Gasteiger charge is 2.33. The number of anilines is 1. The number of likely N-dealkylation sites (tertiary alicyclic amines) is 1. The third-order valence-electron chi connectivity index (χ3n) is 9.13. The summed E-state index contributed by atoms with van der Waals surface area (Å²) in [4.78, 5) is 38.1. The van der Waals surface area contributed by atoms with Gasteiger partial charge in [0.15, 0.2) is 0 Å². The van der Waals surface area contributed by atoms with Crippen molar-refractivity contribution in [3.8, 4) is 5.75 Å². The van der Waals surface area contributed by atoms with Crippen molar-refractivity contribution in [2.24, 2.45) is 0 Å². The molecule has 3 N–H and O–H groups in total. The van der Waals surface area contributed by atoms with E-state index in [1.165, 1.54) is 0 Å². The third-order valence-corrected chi connectivity index (χ3v) is 10.3. The molecule has 0 radical (unpaired) electrons. The lowest BCUT2D eigenvalue weighted by atomic mass is 10.0. The molecule has 0 unspecified atom stereocenters. The van der Waals surface area contributed by atoms with E-state index in [0.717, 1.165) is 59.6 Å². The number of phenols is 1. The number of amides is 4. The Labute approximate surface area is 292 Å². The molecule has 3 heterocycles. The van der Waals surface area contributed by atoms with Crippen molar-refractivity contribution in [1.29, 1.82) is 0 Å². The van der Waals surface area contributed by atoms with E-state index in [9.17, 15) is 14.7 Å². The van der Waals surface area contributed by atoms with Crippen LogP contribution in [0.4, 0.5) is 15.3 Å². The molecule has 248 valence electrons. The van der Waals surface area contributed by atoms with Crippen molar-refractivity contribution in [3.63, 3.8) is 0 Å². The Balaban J connectivity index is 1.21. The fourth-order valence-electron chi connectivity index (χ4n) is 6.68. The van der Waals surface area contributed by atoms with Gasteiger partial charge in [-0.05, 0) is 120 Å². The lowest BCUT2D eigenvalue weighted by molar-refractivity contribution is 0.133. The lowest BCUT2D eigenvalue weighted by Gasteiger charge is -2.38. The Morgan fingerprint density at radius 3 is 2.51 bits per heavy atom. The third kappa shape index (κ3) is 7.60. The molecule has 4 aromatic rings. The summed E-state index contributed by atoms with van der Waals surface area (Å²) >= 11 is 6.94. The first-order chi connectivity index (χ1) is 22.7. The van der Waals surface area contributed by atoms with Crippen molar-refractivity contribution in [2.75, 3.05) is 45.6 Å². The molecular formula is C35H41Br2N7O3. The SMILES string of the molecule is CN(C)CCCn1c([C@@H](Cc2cc(Br)c(O)c(Br)c2)NC(=O)N2CCC(N3CCc4ccccc4NC3=O)CC2)nc2ccccc21. The zero-order valence-electron chi connectivity index (χ0n) is 26.8. The molecule has 10 nitrogen and oxygen atoms in total. The number of carbonyl (C=O) groups is 2. The molecule has 2 aliphatic rings.